The average Bonchev–Trinajstić information content (AvgIpc) is 2.83. The summed E-state index contributed by atoms with van der Waals surface area (Å²) in [4.78, 5) is 2.50. The summed E-state index contributed by atoms with van der Waals surface area (Å²) in [5, 5.41) is 34.9. The van der Waals surface area contributed by atoms with Crippen LogP contribution in [0.3, 0.4) is 0 Å². The molecule has 4 rings (SSSR count). The van der Waals surface area contributed by atoms with E-state index >= 15 is 0 Å². The van der Waals surface area contributed by atoms with Crippen LogP contribution in [-0.2, 0) is 19.4 Å². The van der Waals surface area contributed by atoms with Gasteiger partial charge in [0, 0.05) is 50.9 Å². The van der Waals surface area contributed by atoms with E-state index in [1.807, 2.05) is 18.2 Å². The van der Waals surface area contributed by atoms with Gasteiger partial charge in [-0.05, 0) is 55.0 Å². The lowest BCUT2D eigenvalue weighted by Gasteiger charge is -2.46. The first-order valence-electron chi connectivity index (χ1n) is 12.6. The molecule has 0 saturated carbocycles. The minimum Gasteiger partial charge on any atom is -0.508 e. The maximum atomic E-state index is 10.3. The number of hydrogen-bond donors (Lipinski definition) is 3. The Labute approximate surface area is 198 Å². The molecule has 1 atom stereocenters. The maximum Gasteiger partial charge on any atom is 0.160 e. The Morgan fingerprint density at radius 2 is 1.67 bits per heavy atom. The van der Waals surface area contributed by atoms with Crippen molar-refractivity contribution >= 4 is 0 Å². The molecule has 3 N–H and O–H groups in total. The number of benzene rings is 2. The second-order valence-electron chi connectivity index (χ2n) is 9.59. The van der Waals surface area contributed by atoms with Crippen molar-refractivity contribution in [2.45, 2.75) is 64.5 Å². The lowest BCUT2D eigenvalue weighted by Crippen LogP contribution is -2.57. The first kappa shape index (κ1) is 23.9. The Hall–Kier alpha value is -2.28. The molecule has 1 saturated heterocycles. The molecule has 0 bridgehead atoms. The van der Waals surface area contributed by atoms with Gasteiger partial charge in [-0.25, -0.2) is 10.0 Å². The molecule has 1 aliphatic heterocycles. The van der Waals surface area contributed by atoms with Gasteiger partial charge in [0.25, 0.3) is 0 Å². The minimum absolute atomic E-state index is 0.00614. The van der Waals surface area contributed by atoms with E-state index in [4.69, 9.17) is 0 Å². The van der Waals surface area contributed by atoms with E-state index in [1.165, 1.54) is 36.8 Å². The number of piperazine rings is 1. The van der Waals surface area contributed by atoms with Crippen LogP contribution < -0.4 is 0 Å². The molecule has 33 heavy (non-hydrogen) atoms. The second-order valence-corrected chi connectivity index (χ2v) is 9.59. The number of hydrogen-bond acceptors (Lipinski definition) is 6. The summed E-state index contributed by atoms with van der Waals surface area (Å²) in [6.45, 7) is 8.37. The third kappa shape index (κ3) is 5.99. The van der Waals surface area contributed by atoms with Crippen LogP contribution in [0.25, 0.3) is 0 Å². The number of hydrazine groups is 1. The average molecular weight is 454 g/mol. The van der Waals surface area contributed by atoms with Gasteiger partial charge in [0.1, 0.15) is 5.75 Å². The number of fused-ring (bicyclic) bond motifs is 1. The van der Waals surface area contributed by atoms with Crippen molar-refractivity contribution in [3.05, 3.63) is 53.1 Å². The van der Waals surface area contributed by atoms with Gasteiger partial charge in [-0.1, -0.05) is 44.4 Å². The molecular weight excluding hydrogens is 414 g/mol. The zero-order valence-electron chi connectivity index (χ0n) is 19.9. The summed E-state index contributed by atoms with van der Waals surface area (Å²) >= 11 is 0. The normalized spacial score (nSPS) is 19.6. The van der Waals surface area contributed by atoms with Crippen molar-refractivity contribution in [3.8, 4) is 17.2 Å². The van der Waals surface area contributed by atoms with Gasteiger partial charge in [-0.15, -0.1) is 0 Å². The van der Waals surface area contributed by atoms with Gasteiger partial charge in [-0.3, -0.25) is 4.90 Å². The van der Waals surface area contributed by atoms with Crippen molar-refractivity contribution in [3.63, 3.8) is 0 Å². The van der Waals surface area contributed by atoms with Gasteiger partial charge in [0.2, 0.25) is 0 Å². The van der Waals surface area contributed by atoms with E-state index in [2.05, 4.69) is 21.8 Å². The molecule has 2 aromatic carbocycles. The first-order chi connectivity index (χ1) is 16.0. The quantitative estimate of drug-likeness (QED) is 0.389. The van der Waals surface area contributed by atoms with Gasteiger partial charge >= 0.3 is 0 Å². The zero-order chi connectivity index (χ0) is 23.2. The molecule has 1 aliphatic carbocycles. The Balaban J connectivity index is 1.39. The van der Waals surface area contributed by atoms with Crippen LogP contribution in [0.1, 0.15) is 55.7 Å². The van der Waals surface area contributed by atoms with Crippen LogP contribution in [0, 0.1) is 0 Å². The highest BCUT2D eigenvalue weighted by molar-refractivity contribution is 5.50. The standard InChI is InChI=1S/C27H39N3O3/c1-2-3-4-5-14-30(23-9-12-25-22(19-23)8-13-26(32)27(25)33)29-17-15-28(16-18-29)20-21-6-10-24(31)11-7-21/h6-8,10-11,13,23,31-33H,2-5,9,12,14-20H2,1H3. The molecule has 0 amide bonds. The Kier molecular flexibility index (Phi) is 8.12. The maximum absolute atomic E-state index is 10.3. The van der Waals surface area contributed by atoms with Crippen molar-refractivity contribution in [1.29, 1.82) is 0 Å². The van der Waals surface area contributed by atoms with Crippen LogP contribution in [0.5, 0.6) is 17.2 Å². The van der Waals surface area contributed by atoms with Crippen molar-refractivity contribution in [2.75, 3.05) is 32.7 Å². The SMILES string of the molecule is CCCCCCN(C1CCc2c(ccc(O)c2O)C1)N1CCN(Cc2ccc(O)cc2)CC1. The Bertz CT molecular complexity index is 894. The van der Waals surface area contributed by atoms with Crippen molar-refractivity contribution in [2.24, 2.45) is 0 Å². The Morgan fingerprint density at radius 3 is 2.39 bits per heavy atom. The fraction of sp³-hybridized carbons (Fsp3) is 0.556. The number of nitrogens with zero attached hydrogens (tertiary/aromatic N) is 3. The van der Waals surface area contributed by atoms with Crippen LogP contribution in [0.4, 0.5) is 0 Å². The molecule has 0 radical (unpaired) electrons. The highest BCUT2D eigenvalue weighted by Crippen LogP contribution is 2.37. The number of phenolic OH excluding ortho intramolecular Hbond substituents is 3. The number of unbranched alkanes of at least 4 members (excludes halogenated alkanes) is 3. The molecule has 180 valence electrons. The molecular formula is C27H39N3O3. The molecule has 2 aromatic rings. The molecule has 6 heteroatoms. The predicted molar refractivity (Wildman–Crippen MR) is 131 cm³/mol. The summed E-state index contributed by atoms with van der Waals surface area (Å²) in [7, 11) is 0. The number of aromatic hydroxyl groups is 3. The second kappa shape index (κ2) is 11.2. The van der Waals surface area contributed by atoms with E-state index in [0.717, 1.165) is 64.1 Å². The molecule has 2 aliphatic rings. The molecule has 1 heterocycles. The minimum atomic E-state index is -0.00614. The van der Waals surface area contributed by atoms with Gasteiger partial charge in [0.15, 0.2) is 11.5 Å². The van der Waals surface area contributed by atoms with E-state index in [9.17, 15) is 15.3 Å². The summed E-state index contributed by atoms with van der Waals surface area (Å²) in [5.41, 5.74) is 3.34. The largest absolute Gasteiger partial charge is 0.508 e. The smallest absolute Gasteiger partial charge is 0.160 e. The summed E-state index contributed by atoms with van der Waals surface area (Å²) < 4.78 is 0. The van der Waals surface area contributed by atoms with E-state index in [0.29, 0.717) is 11.8 Å². The highest BCUT2D eigenvalue weighted by atomic mass is 16.3. The fourth-order valence-corrected chi connectivity index (χ4v) is 5.32. The fourth-order valence-electron chi connectivity index (χ4n) is 5.32. The Morgan fingerprint density at radius 1 is 0.909 bits per heavy atom. The molecule has 0 aromatic heterocycles. The monoisotopic (exact) mass is 453 g/mol. The topological polar surface area (TPSA) is 70.4 Å². The van der Waals surface area contributed by atoms with Gasteiger partial charge in [0.05, 0.1) is 0 Å². The van der Waals surface area contributed by atoms with Gasteiger partial charge < -0.3 is 15.3 Å². The van der Waals surface area contributed by atoms with Crippen LogP contribution in [0.15, 0.2) is 36.4 Å². The van der Waals surface area contributed by atoms with Crippen LogP contribution in [-0.4, -0.2) is 69.0 Å². The zero-order valence-corrected chi connectivity index (χ0v) is 19.9. The summed E-state index contributed by atoms with van der Waals surface area (Å²) in [6, 6.07) is 11.6. The molecule has 1 fully saturated rings. The van der Waals surface area contributed by atoms with E-state index < -0.39 is 0 Å². The third-order valence-electron chi connectivity index (χ3n) is 7.26. The van der Waals surface area contributed by atoms with Crippen molar-refractivity contribution in [1.82, 2.24) is 14.9 Å². The lowest BCUT2D eigenvalue weighted by molar-refractivity contribution is -0.0915. The van der Waals surface area contributed by atoms with Crippen LogP contribution in [0.2, 0.25) is 0 Å². The van der Waals surface area contributed by atoms with E-state index in [1.54, 1.807) is 18.2 Å². The predicted octanol–water partition coefficient (Wildman–Crippen LogP) is 4.28. The summed E-state index contributed by atoms with van der Waals surface area (Å²) in [6.07, 6.45) is 7.75. The number of rotatable bonds is 9. The third-order valence-corrected chi connectivity index (χ3v) is 7.26. The van der Waals surface area contributed by atoms with Crippen LogP contribution >= 0.6 is 0 Å². The van der Waals surface area contributed by atoms with Gasteiger partial charge in [-0.2, -0.15) is 0 Å². The van der Waals surface area contributed by atoms with E-state index in [-0.39, 0.29) is 11.5 Å². The molecule has 1 unspecified atom stereocenters. The number of phenols is 3. The molecule has 6 nitrogen and oxygen atoms in total. The summed E-state index contributed by atoms with van der Waals surface area (Å²) in [5.74, 6) is 0.386. The first-order valence-corrected chi connectivity index (χ1v) is 12.6. The lowest BCUT2D eigenvalue weighted by atomic mass is 9.87. The van der Waals surface area contributed by atoms with Crippen molar-refractivity contribution < 1.29 is 15.3 Å². The highest BCUT2D eigenvalue weighted by Gasteiger charge is 2.31. The molecule has 0 spiro atoms.